The fraction of sp³-hybridized carbons (Fsp3) is 1.00. The molecule has 0 aliphatic carbocycles. The molecule has 102 valence electrons. The smallest absolute Gasteiger partial charge is 0.214 e. The standard InChI is InChI=1S/C9H18ClNO4S2/c10-4-1-2-8-17(14,15)11-5-3-7-16(12,13)9-6-11/h1-9H2. The summed E-state index contributed by atoms with van der Waals surface area (Å²) >= 11 is 5.49. The first-order chi connectivity index (χ1) is 7.87. The lowest BCUT2D eigenvalue weighted by atomic mass is 10.4. The van der Waals surface area contributed by atoms with Crippen molar-refractivity contribution in [1.82, 2.24) is 4.31 Å². The number of hydrogen-bond acceptors (Lipinski definition) is 4. The third-order valence-electron chi connectivity index (χ3n) is 2.69. The molecule has 0 amide bonds. The van der Waals surface area contributed by atoms with E-state index in [4.69, 9.17) is 11.6 Å². The van der Waals surface area contributed by atoms with Gasteiger partial charge >= 0.3 is 0 Å². The topological polar surface area (TPSA) is 71.5 Å². The average molecular weight is 304 g/mol. The van der Waals surface area contributed by atoms with Crippen LogP contribution >= 0.6 is 11.6 Å². The molecule has 1 heterocycles. The minimum atomic E-state index is -3.32. The second kappa shape index (κ2) is 6.36. The lowest BCUT2D eigenvalue weighted by Gasteiger charge is -2.19. The predicted molar refractivity (Wildman–Crippen MR) is 68.6 cm³/mol. The van der Waals surface area contributed by atoms with E-state index in [9.17, 15) is 16.8 Å². The van der Waals surface area contributed by atoms with Gasteiger partial charge in [-0.1, -0.05) is 0 Å². The molecule has 8 heteroatoms. The molecule has 1 aliphatic rings. The number of hydrogen-bond donors (Lipinski definition) is 0. The zero-order valence-corrected chi connectivity index (χ0v) is 12.0. The molecule has 5 nitrogen and oxygen atoms in total. The number of unbranched alkanes of at least 4 members (excludes halogenated alkanes) is 1. The molecule has 0 aromatic carbocycles. The van der Waals surface area contributed by atoms with Crippen LogP contribution in [0.1, 0.15) is 19.3 Å². The van der Waals surface area contributed by atoms with Gasteiger partial charge in [-0.15, -0.1) is 11.6 Å². The van der Waals surface area contributed by atoms with E-state index in [0.29, 0.717) is 31.7 Å². The van der Waals surface area contributed by atoms with Crippen LogP contribution in [0.3, 0.4) is 0 Å². The van der Waals surface area contributed by atoms with Crippen molar-refractivity contribution in [3.63, 3.8) is 0 Å². The van der Waals surface area contributed by atoms with Crippen LogP contribution in [0.4, 0.5) is 0 Å². The lowest BCUT2D eigenvalue weighted by molar-refractivity contribution is 0.433. The van der Waals surface area contributed by atoms with Crippen molar-refractivity contribution in [3.8, 4) is 0 Å². The molecule has 0 spiro atoms. The van der Waals surface area contributed by atoms with Gasteiger partial charge in [0.2, 0.25) is 10.0 Å². The van der Waals surface area contributed by atoms with E-state index in [1.165, 1.54) is 4.31 Å². The van der Waals surface area contributed by atoms with Gasteiger partial charge in [0.15, 0.2) is 9.84 Å². The highest BCUT2D eigenvalue weighted by atomic mass is 35.5. The Labute approximate surface area is 108 Å². The van der Waals surface area contributed by atoms with Gasteiger partial charge in [0.05, 0.1) is 17.3 Å². The van der Waals surface area contributed by atoms with Crippen molar-refractivity contribution in [2.75, 3.05) is 36.2 Å². The largest absolute Gasteiger partial charge is 0.229 e. The van der Waals surface area contributed by atoms with Crippen LogP contribution in [-0.2, 0) is 19.9 Å². The second-order valence-electron chi connectivity index (χ2n) is 4.12. The average Bonchev–Trinajstić information content (AvgIpc) is 2.40. The molecule has 1 rings (SSSR count). The van der Waals surface area contributed by atoms with Gasteiger partial charge in [-0.2, -0.15) is 0 Å². The quantitative estimate of drug-likeness (QED) is 0.546. The number of alkyl halides is 1. The van der Waals surface area contributed by atoms with E-state index < -0.39 is 19.9 Å². The van der Waals surface area contributed by atoms with Gasteiger partial charge in [-0.3, -0.25) is 0 Å². The summed E-state index contributed by atoms with van der Waals surface area (Å²) in [6.07, 6.45) is 1.57. The zero-order valence-electron chi connectivity index (χ0n) is 9.64. The van der Waals surface area contributed by atoms with Gasteiger partial charge in [0.1, 0.15) is 0 Å². The van der Waals surface area contributed by atoms with Crippen LogP contribution in [0, 0.1) is 0 Å². The van der Waals surface area contributed by atoms with Gasteiger partial charge < -0.3 is 0 Å². The molecule has 0 unspecified atom stereocenters. The van der Waals surface area contributed by atoms with Crippen molar-refractivity contribution in [3.05, 3.63) is 0 Å². The van der Waals surface area contributed by atoms with Crippen LogP contribution in [-0.4, -0.2) is 57.4 Å². The molecule has 1 aliphatic heterocycles. The Hall–Kier alpha value is 0.150. The normalized spacial score (nSPS) is 22.2. The Bertz CT molecular complexity index is 432. The van der Waals surface area contributed by atoms with Gasteiger partial charge in [-0.25, -0.2) is 21.1 Å². The van der Waals surface area contributed by atoms with Crippen LogP contribution in [0.2, 0.25) is 0 Å². The van der Waals surface area contributed by atoms with E-state index in [-0.39, 0.29) is 23.8 Å². The van der Waals surface area contributed by atoms with E-state index in [2.05, 4.69) is 0 Å². The Kier molecular flexibility index (Phi) is 5.69. The van der Waals surface area contributed by atoms with Crippen LogP contribution < -0.4 is 0 Å². The third kappa shape index (κ3) is 5.11. The Balaban J connectivity index is 2.60. The molecule has 0 N–H and O–H groups in total. The SMILES string of the molecule is O=S1(=O)CCCN(S(=O)(=O)CCCCCl)CC1. The summed E-state index contributed by atoms with van der Waals surface area (Å²) in [5, 5.41) is 0. The number of sulfonamides is 1. The van der Waals surface area contributed by atoms with Crippen molar-refractivity contribution in [2.24, 2.45) is 0 Å². The van der Waals surface area contributed by atoms with Gasteiger partial charge in [0, 0.05) is 19.0 Å². The summed E-state index contributed by atoms with van der Waals surface area (Å²) in [7, 11) is -6.38. The molecule has 0 aromatic heterocycles. The highest BCUT2D eigenvalue weighted by Gasteiger charge is 2.26. The van der Waals surface area contributed by atoms with Gasteiger partial charge in [-0.05, 0) is 19.3 Å². The highest BCUT2D eigenvalue weighted by molar-refractivity contribution is 7.91. The van der Waals surface area contributed by atoms with Crippen LogP contribution in [0.25, 0.3) is 0 Å². The van der Waals surface area contributed by atoms with Crippen LogP contribution in [0.5, 0.6) is 0 Å². The maximum absolute atomic E-state index is 11.9. The van der Waals surface area contributed by atoms with E-state index in [1.54, 1.807) is 0 Å². The monoisotopic (exact) mass is 303 g/mol. The first-order valence-electron chi connectivity index (χ1n) is 5.61. The number of nitrogens with zero attached hydrogens (tertiary/aromatic N) is 1. The molecule has 17 heavy (non-hydrogen) atoms. The lowest BCUT2D eigenvalue weighted by Crippen LogP contribution is -2.35. The minimum absolute atomic E-state index is 0.0553. The molecule has 0 bridgehead atoms. The zero-order chi connectivity index (χ0) is 12.9. The molecular formula is C9H18ClNO4S2. The fourth-order valence-corrected chi connectivity index (χ4v) is 4.88. The summed E-state index contributed by atoms with van der Waals surface area (Å²) in [6.45, 7) is 0.397. The van der Waals surface area contributed by atoms with Crippen molar-refractivity contribution >= 4 is 31.5 Å². The summed E-state index contributed by atoms with van der Waals surface area (Å²) in [5.41, 5.74) is 0. The summed E-state index contributed by atoms with van der Waals surface area (Å²) in [5.74, 6) is 0.520. The number of rotatable bonds is 5. The van der Waals surface area contributed by atoms with E-state index in [0.717, 1.165) is 0 Å². The predicted octanol–water partition coefficient (Wildman–Crippen LogP) is 0.456. The molecular weight excluding hydrogens is 286 g/mol. The Morgan fingerprint density at radius 3 is 2.47 bits per heavy atom. The van der Waals surface area contributed by atoms with E-state index in [1.807, 2.05) is 0 Å². The van der Waals surface area contributed by atoms with Crippen molar-refractivity contribution in [2.45, 2.75) is 19.3 Å². The van der Waals surface area contributed by atoms with Gasteiger partial charge in [0.25, 0.3) is 0 Å². The molecule has 0 saturated carbocycles. The first kappa shape index (κ1) is 15.2. The van der Waals surface area contributed by atoms with Crippen molar-refractivity contribution < 1.29 is 16.8 Å². The molecule has 1 fully saturated rings. The molecule has 0 atom stereocenters. The molecule has 0 aromatic rings. The molecule has 1 saturated heterocycles. The maximum atomic E-state index is 11.9. The Morgan fingerprint density at radius 1 is 1.12 bits per heavy atom. The van der Waals surface area contributed by atoms with E-state index >= 15 is 0 Å². The summed E-state index contributed by atoms with van der Waals surface area (Å²) < 4.78 is 47.9. The molecule has 0 radical (unpaired) electrons. The maximum Gasteiger partial charge on any atom is 0.214 e. The van der Waals surface area contributed by atoms with Crippen LogP contribution in [0.15, 0.2) is 0 Å². The fourth-order valence-electron chi connectivity index (χ4n) is 1.70. The number of sulfone groups is 1. The summed E-state index contributed by atoms with van der Waals surface area (Å²) in [4.78, 5) is 0. The third-order valence-corrected chi connectivity index (χ3v) is 6.63. The first-order valence-corrected chi connectivity index (χ1v) is 9.58. The van der Waals surface area contributed by atoms with Crippen molar-refractivity contribution in [1.29, 1.82) is 0 Å². The highest BCUT2D eigenvalue weighted by Crippen LogP contribution is 2.11. The summed E-state index contributed by atoms with van der Waals surface area (Å²) in [6, 6.07) is 0. The second-order valence-corrected chi connectivity index (χ2v) is 8.89. The Morgan fingerprint density at radius 2 is 1.82 bits per heavy atom. The minimum Gasteiger partial charge on any atom is -0.229 e. The number of halogens is 1.